The van der Waals surface area contributed by atoms with Crippen LogP contribution in [-0.4, -0.2) is 68.0 Å². The first-order valence-electron chi connectivity index (χ1n) is 10.2. The van der Waals surface area contributed by atoms with Crippen LogP contribution < -0.4 is 9.64 Å². The van der Waals surface area contributed by atoms with E-state index in [4.69, 9.17) is 4.74 Å². The summed E-state index contributed by atoms with van der Waals surface area (Å²) in [7, 11) is 1.62. The van der Waals surface area contributed by atoms with Gasteiger partial charge in [-0.25, -0.2) is 0 Å². The second-order valence-corrected chi connectivity index (χ2v) is 7.57. The van der Waals surface area contributed by atoms with Gasteiger partial charge in [0.1, 0.15) is 5.75 Å². The molecule has 0 spiro atoms. The number of fused-ring (bicyclic) bond motifs is 1. The maximum absolute atomic E-state index is 12.8. The summed E-state index contributed by atoms with van der Waals surface area (Å²) >= 11 is 0. The molecule has 0 aromatic heterocycles. The molecule has 2 heterocycles. The topological polar surface area (TPSA) is 53.1 Å². The van der Waals surface area contributed by atoms with Crippen molar-refractivity contribution in [3.05, 3.63) is 59.7 Å². The van der Waals surface area contributed by atoms with Gasteiger partial charge < -0.3 is 14.5 Å². The Bertz CT molecular complexity index is 890. The molecule has 152 valence electrons. The highest BCUT2D eigenvalue weighted by Gasteiger charge is 2.28. The lowest BCUT2D eigenvalue weighted by Crippen LogP contribution is -2.51. The molecule has 6 nitrogen and oxygen atoms in total. The average Bonchev–Trinajstić information content (AvgIpc) is 3.19. The highest BCUT2D eigenvalue weighted by molar-refractivity contribution is 5.96. The quantitative estimate of drug-likeness (QED) is 0.780. The summed E-state index contributed by atoms with van der Waals surface area (Å²) in [6.07, 6.45) is 1.26. The maximum Gasteiger partial charge on any atom is 0.241 e. The van der Waals surface area contributed by atoms with Crippen LogP contribution in [0.3, 0.4) is 0 Å². The van der Waals surface area contributed by atoms with Crippen molar-refractivity contribution in [2.75, 3.05) is 51.3 Å². The molecule has 2 aliphatic rings. The molecule has 2 amide bonds. The Balaban J connectivity index is 1.28. The SMILES string of the molecule is COc1ccccc1CC(=O)N1CCN(CC(=O)N2CCc3ccccc32)CC1. The number of nitrogens with zero attached hydrogens (tertiary/aromatic N) is 3. The number of benzene rings is 2. The van der Waals surface area contributed by atoms with Crippen LogP contribution in [-0.2, 0) is 22.4 Å². The Morgan fingerprint density at radius 1 is 0.897 bits per heavy atom. The first-order valence-corrected chi connectivity index (χ1v) is 10.2. The normalized spacial score (nSPS) is 16.6. The summed E-state index contributed by atoms with van der Waals surface area (Å²) in [6, 6.07) is 15.8. The number of ether oxygens (including phenoxy) is 1. The zero-order chi connectivity index (χ0) is 20.2. The van der Waals surface area contributed by atoms with Gasteiger partial charge in [-0.1, -0.05) is 36.4 Å². The molecule has 2 aromatic carbocycles. The van der Waals surface area contributed by atoms with Gasteiger partial charge >= 0.3 is 0 Å². The molecule has 0 bridgehead atoms. The number of para-hydroxylation sites is 2. The Labute approximate surface area is 171 Å². The van der Waals surface area contributed by atoms with E-state index in [1.165, 1.54) is 5.56 Å². The van der Waals surface area contributed by atoms with Crippen molar-refractivity contribution in [1.82, 2.24) is 9.80 Å². The van der Waals surface area contributed by atoms with Crippen LogP contribution in [0, 0.1) is 0 Å². The number of piperazine rings is 1. The van der Waals surface area contributed by atoms with E-state index in [9.17, 15) is 9.59 Å². The van der Waals surface area contributed by atoms with Crippen LogP contribution in [0.1, 0.15) is 11.1 Å². The minimum atomic E-state index is 0.106. The van der Waals surface area contributed by atoms with Crippen molar-refractivity contribution in [3.63, 3.8) is 0 Å². The third kappa shape index (κ3) is 4.27. The monoisotopic (exact) mass is 393 g/mol. The van der Waals surface area contributed by atoms with E-state index < -0.39 is 0 Å². The van der Waals surface area contributed by atoms with Gasteiger partial charge in [-0.15, -0.1) is 0 Å². The molecule has 1 saturated heterocycles. The minimum Gasteiger partial charge on any atom is -0.496 e. The van der Waals surface area contributed by atoms with Gasteiger partial charge in [-0.05, 0) is 24.1 Å². The van der Waals surface area contributed by atoms with Gasteiger partial charge in [0.15, 0.2) is 0 Å². The largest absolute Gasteiger partial charge is 0.496 e. The van der Waals surface area contributed by atoms with Crippen LogP contribution in [0.5, 0.6) is 5.75 Å². The van der Waals surface area contributed by atoms with E-state index in [2.05, 4.69) is 11.0 Å². The van der Waals surface area contributed by atoms with Crippen LogP contribution in [0.15, 0.2) is 48.5 Å². The molecule has 4 rings (SSSR count). The predicted octanol–water partition coefficient (Wildman–Crippen LogP) is 1.97. The highest BCUT2D eigenvalue weighted by atomic mass is 16.5. The van der Waals surface area contributed by atoms with Crippen molar-refractivity contribution in [2.45, 2.75) is 12.8 Å². The zero-order valence-corrected chi connectivity index (χ0v) is 16.8. The van der Waals surface area contributed by atoms with E-state index in [0.29, 0.717) is 26.1 Å². The fourth-order valence-electron chi connectivity index (χ4n) is 4.15. The molecule has 0 radical (unpaired) electrons. The van der Waals surface area contributed by atoms with E-state index in [1.54, 1.807) is 7.11 Å². The minimum absolute atomic E-state index is 0.106. The number of hydrogen-bond donors (Lipinski definition) is 0. The summed E-state index contributed by atoms with van der Waals surface area (Å²) in [5.41, 5.74) is 3.20. The molecule has 2 aromatic rings. The van der Waals surface area contributed by atoms with Gasteiger partial charge in [0, 0.05) is 44.0 Å². The lowest BCUT2D eigenvalue weighted by atomic mass is 10.1. The van der Waals surface area contributed by atoms with Gasteiger partial charge in [-0.3, -0.25) is 14.5 Å². The van der Waals surface area contributed by atoms with Crippen LogP contribution in [0.25, 0.3) is 0 Å². The molecule has 0 atom stereocenters. The first kappa shape index (κ1) is 19.5. The zero-order valence-electron chi connectivity index (χ0n) is 16.8. The predicted molar refractivity (Wildman–Crippen MR) is 112 cm³/mol. The third-order valence-electron chi connectivity index (χ3n) is 5.81. The lowest BCUT2D eigenvalue weighted by molar-refractivity contribution is -0.132. The maximum atomic E-state index is 12.8. The second kappa shape index (κ2) is 8.66. The van der Waals surface area contributed by atoms with Crippen LogP contribution in [0.4, 0.5) is 5.69 Å². The second-order valence-electron chi connectivity index (χ2n) is 7.57. The Morgan fingerprint density at radius 2 is 1.62 bits per heavy atom. The molecule has 0 N–H and O–H groups in total. The van der Waals surface area contributed by atoms with Crippen molar-refractivity contribution >= 4 is 17.5 Å². The molecule has 1 fully saturated rings. The Morgan fingerprint density at radius 3 is 2.41 bits per heavy atom. The van der Waals surface area contributed by atoms with E-state index in [0.717, 1.165) is 43.1 Å². The third-order valence-corrected chi connectivity index (χ3v) is 5.81. The molecule has 0 saturated carbocycles. The molecule has 0 aliphatic carbocycles. The number of carbonyl (C=O) groups is 2. The van der Waals surface area contributed by atoms with Crippen LogP contribution in [0.2, 0.25) is 0 Å². The Hall–Kier alpha value is -2.86. The molecule has 2 aliphatic heterocycles. The number of carbonyl (C=O) groups excluding carboxylic acids is 2. The van der Waals surface area contributed by atoms with E-state index >= 15 is 0 Å². The molecule has 0 unspecified atom stereocenters. The smallest absolute Gasteiger partial charge is 0.241 e. The number of anilines is 1. The summed E-state index contributed by atoms with van der Waals surface area (Å²) in [4.78, 5) is 31.4. The average molecular weight is 393 g/mol. The standard InChI is InChI=1S/C23H27N3O3/c1-29-21-9-5-3-7-19(21)16-22(27)25-14-12-24(13-15-25)17-23(28)26-11-10-18-6-2-4-8-20(18)26/h2-9H,10-17H2,1H3. The summed E-state index contributed by atoms with van der Waals surface area (Å²) in [5, 5.41) is 0. The van der Waals surface area contributed by atoms with Gasteiger partial charge in [-0.2, -0.15) is 0 Å². The van der Waals surface area contributed by atoms with Crippen molar-refractivity contribution < 1.29 is 14.3 Å². The highest BCUT2D eigenvalue weighted by Crippen LogP contribution is 2.27. The Kier molecular flexibility index (Phi) is 5.81. The molecule has 29 heavy (non-hydrogen) atoms. The summed E-state index contributed by atoms with van der Waals surface area (Å²) in [5.74, 6) is 0.994. The van der Waals surface area contributed by atoms with Gasteiger partial charge in [0.2, 0.25) is 11.8 Å². The van der Waals surface area contributed by atoms with Crippen molar-refractivity contribution in [2.24, 2.45) is 0 Å². The number of amides is 2. The lowest BCUT2D eigenvalue weighted by Gasteiger charge is -2.35. The van der Waals surface area contributed by atoms with Gasteiger partial charge in [0.05, 0.1) is 20.1 Å². The fourth-order valence-corrected chi connectivity index (χ4v) is 4.15. The molecule has 6 heteroatoms. The van der Waals surface area contributed by atoms with Crippen molar-refractivity contribution in [1.29, 1.82) is 0 Å². The summed E-state index contributed by atoms with van der Waals surface area (Å²) in [6.45, 7) is 3.91. The van der Waals surface area contributed by atoms with Gasteiger partial charge in [0.25, 0.3) is 0 Å². The van der Waals surface area contributed by atoms with E-state index in [-0.39, 0.29) is 11.8 Å². The fraction of sp³-hybridized carbons (Fsp3) is 0.391. The number of hydrogen-bond acceptors (Lipinski definition) is 4. The summed E-state index contributed by atoms with van der Waals surface area (Å²) < 4.78 is 5.35. The van der Waals surface area contributed by atoms with E-state index in [1.807, 2.05) is 52.3 Å². The number of methoxy groups -OCH3 is 1. The van der Waals surface area contributed by atoms with Crippen molar-refractivity contribution in [3.8, 4) is 5.75 Å². The molecular formula is C23H27N3O3. The number of rotatable bonds is 5. The first-order chi connectivity index (χ1) is 14.2. The van der Waals surface area contributed by atoms with Crippen LogP contribution >= 0.6 is 0 Å². The molecular weight excluding hydrogens is 366 g/mol.